The molecular formula is C26H35N3O. The van der Waals surface area contributed by atoms with Crippen LogP contribution in [0.3, 0.4) is 0 Å². The molecule has 1 spiro atoms. The van der Waals surface area contributed by atoms with Crippen LogP contribution in [-0.4, -0.2) is 33.8 Å². The first-order chi connectivity index (χ1) is 14.3. The van der Waals surface area contributed by atoms with Gasteiger partial charge in [0.15, 0.2) is 0 Å². The number of anilines is 1. The molecule has 4 heteroatoms. The molecular weight excluding hydrogens is 370 g/mol. The zero-order valence-electron chi connectivity index (χ0n) is 19.0. The molecule has 0 amide bonds. The van der Waals surface area contributed by atoms with Crippen molar-refractivity contribution in [1.29, 1.82) is 0 Å². The van der Waals surface area contributed by atoms with Crippen LogP contribution in [0.2, 0.25) is 0 Å². The van der Waals surface area contributed by atoms with Crippen molar-refractivity contribution in [3.8, 4) is 0 Å². The molecule has 1 saturated heterocycles. The number of nitrogens with zero attached hydrogens (tertiary/aromatic N) is 3. The molecule has 4 nitrogen and oxygen atoms in total. The molecule has 1 aliphatic heterocycles. The normalized spacial score (nSPS) is 28.1. The second-order valence-electron chi connectivity index (χ2n) is 10.6. The van der Waals surface area contributed by atoms with Crippen molar-refractivity contribution in [2.75, 3.05) is 18.0 Å². The summed E-state index contributed by atoms with van der Waals surface area (Å²) in [7, 11) is 0. The highest BCUT2D eigenvalue weighted by atomic mass is 16.3. The molecule has 1 unspecified atom stereocenters. The number of rotatable bonds is 2. The molecule has 5 rings (SSSR count). The van der Waals surface area contributed by atoms with E-state index >= 15 is 0 Å². The molecule has 2 aromatic rings. The molecule has 2 aliphatic carbocycles. The Hall–Kier alpha value is -1.94. The van der Waals surface area contributed by atoms with Crippen molar-refractivity contribution in [2.24, 2.45) is 0 Å². The first-order valence-corrected chi connectivity index (χ1v) is 11.7. The number of benzene rings is 1. The van der Waals surface area contributed by atoms with E-state index in [2.05, 4.69) is 43.9 Å². The highest BCUT2D eigenvalue weighted by molar-refractivity contribution is 5.54. The molecule has 3 aliphatic rings. The Morgan fingerprint density at radius 2 is 1.83 bits per heavy atom. The maximum atomic E-state index is 10.7. The Labute approximate surface area is 180 Å². The van der Waals surface area contributed by atoms with Gasteiger partial charge in [0, 0.05) is 30.0 Å². The van der Waals surface area contributed by atoms with Crippen molar-refractivity contribution in [3.63, 3.8) is 0 Å². The SMILES string of the molecule is Cc1cccc2c1CCC21CCc2c(nc(C(C)C)nc2N2CCC[C@@](C)(O)C2)C1. The Kier molecular flexibility index (Phi) is 4.70. The van der Waals surface area contributed by atoms with Crippen LogP contribution >= 0.6 is 0 Å². The Bertz CT molecular complexity index is 980. The van der Waals surface area contributed by atoms with Crippen molar-refractivity contribution in [1.82, 2.24) is 9.97 Å². The van der Waals surface area contributed by atoms with Crippen molar-refractivity contribution in [2.45, 2.75) is 89.6 Å². The first kappa shape index (κ1) is 20.0. The molecule has 2 heterocycles. The molecule has 160 valence electrons. The van der Waals surface area contributed by atoms with Gasteiger partial charge in [-0.05, 0) is 75.5 Å². The van der Waals surface area contributed by atoms with Gasteiger partial charge in [-0.15, -0.1) is 0 Å². The largest absolute Gasteiger partial charge is 0.388 e. The van der Waals surface area contributed by atoms with E-state index in [1.54, 1.807) is 11.1 Å². The van der Waals surface area contributed by atoms with E-state index in [0.29, 0.717) is 12.5 Å². The van der Waals surface area contributed by atoms with Crippen molar-refractivity contribution < 1.29 is 5.11 Å². The van der Waals surface area contributed by atoms with Crippen molar-refractivity contribution in [3.05, 3.63) is 52.0 Å². The maximum absolute atomic E-state index is 10.7. The summed E-state index contributed by atoms with van der Waals surface area (Å²) in [6, 6.07) is 6.86. The van der Waals surface area contributed by atoms with E-state index in [4.69, 9.17) is 9.97 Å². The lowest BCUT2D eigenvalue weighted by Crippen LogP contribution is -2.47. The van der Waals surface area contributed by atoms with Crippen LogP contribution in [0.15, 0.2) is 18.2 Å². The van der Waals surface area contributed by atoms with E-state index in [9.17, 15) is 5.11 Å². The number of fused-ring (bicyclic) bond motifs is 3. The number of hydrogen-bond acceptors (Lipinski definition) is 4. The van der Waals surface area contributed by atoms with Crippen LogP contribution in [0.4, 0.5) is 5.82 Å². The van der Waals surface area contributed by atoms with E-state index in [0.717, 1.165) is 43.9 Å². The molecule has 0 bridgehead atoms. The fourth-order valence-electron chi connectivity index (χ4n) is 6.11. The van der Waals surface area contributed by atoms with Crippen LogP contribution in [0.1, 0.15) is 86.1 Å². The smallest absolute Gasteiger partial charge is 0.135 e. The van der Waals surface area contributed by atoms with Gasteiger partial charge in [-0.25, -0.2) is 9.97 Å². The van der Waals surface area contributed by atoms with E-state index in [-0.39, 0.29) is 5.41 Å². The van der Waals surface area contributed by atoms with Gasteiger partial charge in [-0.2, -0.15) is 0 Å². The lowest BCUT2D eigenvalue weighted by Gasteiger charge is -2.41. The average Bonchev–Trinajstić information content (AvgIpc) is 3.05. The second kappa shape index (κ2) is 7.05. The number of piperidine rings is 1. The molecule has 1 aromatic carbocycles. The zero-order chi connectivity index (χ0) is 21.1. The van der Waals surface area contributed by atoms with Crippen molar-refractivity contribution >= 4 is 5.82 Å². The summed E-state index contributed by atoms with van der Waals surface area (Å²) >= 11 is 0. The summed E-state index contributed by atoms with van der Waals surface area (Å²) in [4.78, 5) is 12.5. The minimum Gasteiger partial charge on any atom is -0.388 e. The van der Waals surface area contributed by atoms with Crippen LogP contribution in [-0.2, 0) is 24.7 Å². The summed E-state index contributed by atoms with van der Waals surface area (Å²) in [5.74, 6) is 2.35. The molecule has 0 saturated carbocycles. The summed E-state index contributed by atoms with van der Waals surface area (Å²) in [5, 5.41) is 10.7. The van der Waals surface area contributed by atoms with Crippen LogP contribution in [0.5, 0.6) is 0 Å². The highest BCUT2D eigenvalue weighted by Crippen LogP contribution is 2.49. The summed E-state index contributed by atoms with van der Waals surface area (Å²) in [5.41, 5.74) is 6.79. The Morgan fingerprint density at radius 3 is 2.57 bits per heavy atom. The van der Waals surface area contributed by atoms with E-state index in [1.165, 1.54) is 36.1 Å². The average molecular weight is 406 g/mol. The molecule has 0 radical (unpaired) electrons. The highest BCUT2D eigenvalue weighted by Gasteiger charge is 2.43. The molecule has 1 fully saturated rings. The number of aromatic nitrogens is 2. The number of aliphatic hydroxyl groups is 1. The van der Waals surface area contributed by atoms with Gasteiger partial charge in [0.05, 0.1) is 11.3 Å². The fraction of sp³-hybridized carbons (Fsp3) is 0.615. The minimum atomic E-state index is -0.633. The van der Waals surface area contributed by atoms with Gasteiger partial charge in [0.1, 0.15) is 11.6 Å². The van der Waals surface area contributed by atoms with Gasteiger partial charge in [-0.1, -0.05) is 32.0 Å². The third kappa shape index (κ3) is 3.24. The minimum absolute atomic E-state index is 0.238. The lowest BCUT2D eigenvalue weighted by molar-refractivity contribution is 0.0446. The van der Waals surface area contributed by atoms with Gasteiger partial charge in [0.25, 0.3) is 0 Å². The van der Waals surface area contributed by atoms with Gasteiger partial charge in [-0.3, -0.25) is 0 Å². The van der Waals surface area contributed by atoms with Gasteiger partial charge >= 0.3 is 0 Å². The quantitative estimate of drug-likeness (QED) is 0.791. The summed E-state index contributed by atoms with van der Waals surface area (Å²) in [6.07, 6.45) is 7.56. The summed E-state index contributed by atoms with van der Waals surface area (Å²) < 4.78 is 0. The monoisotopic (exact) mass is 405 g/mol. The Morgan fingerprint density at radius 1 is 1.07 bits per heavy atom. The molecule has 1 aromatic heterocycles. The third-order valence-corrected chi connectivity index (χ3v) is 7.77. The topological polar surface area (TPSA) is 49.2 Å². The standard InChI is InChI=1S/C26H35N3O/c1-17(2)23-27-22-15-26(12-9-19-18(3)7-5-8-21(19)26)13-10-20(22)24(28-23)29-14-6-11-25(4,30)16-29/h5,7-8,17,30H,6,9-16H2,1-4H3/t25-,26?/m1/s1. The van der Waals surface area contributed by atoms with E-state index in [1.807, 2.05) is 6.92 Å². The van der Waals surface area contributed by atoms with Crippen LogP contribution < -0.4 is 4.90 Å². The lowest BCUT2D eigenvalue weighted by atomic mass is 9.69. The predicted octanol–water partition coefficient (Wildman–Crippen LogP) is 4.63. The maximum Gasteiger partial charge on any atom is 0.135 e. The first-order valence-electron chi connectivity index (χ1n) is 11.7. The third-order valence-electron chi connectivity index (χ3n) is 7.77. The van der Waals surface area contributed by atoms with Gasteiger partial charge < -0.3 is 10.0 Å². The fourth-order valence-corrected chi connectivity index (χ4v) is 6.11. The Balaban J connectivity index is 1.57. The van der Waals surface area contributed by atoms with Crippen LogP contribution in [0.25, 0.3) is 0 Å². The van der Waals surface area contributed by atoms with Gasteiger partial charge in [0.2, 0.25) is 0 Å². The van der Waals surface area contributed by atoms with Crippen LogP contribution in [0, 0.1) is 6.92 Å². The zero-order valence-corrected chi connectivity index (χ0v) is 19.0. The summed E-state index contributed by atoms with van der Waals surface area (Å²) in [6.45, 7) is 10.2. The predicted molar refractivity (Wildman–Crippen MR) is 121 cm³/mol. The van der Waals surface area contributed by atoms with E-state index < -0.39 is 5.60 Å². The number of β-amino-alcohol motifs (C(OH)–C–C–N with tert-alkyl or cyclic N) is 1. The second-order valence-corrected chi connectivity index (χ2v) is 10.6. The molecule has 30 heavy (non-hydrogen) atoms. The number of hydrogen-bond donors (Lipinski definition) is 1. The molecule has 1 N–H and O–H groups in total. The molecule has 2 atom stereocenters. The number of aryl methyl sites for hydroxylation is 1.